The normalized spacial score (nSPS) is 9.63. The predicted octanol–water partition coefficient (Wildman–Crippen LogP) is 1.69. The lowest BCUT2D eigenvalue weighted by Gasteiger charge is -2.09. The summed E-state index contributed by atoms with van der Waals surface area (Å²) in [6.07, 6.45) is 0. The van der Waals surface area contributed by atoms with E-state index in [-0.39, 0.29) is 6.54 Å². The molecule has 104 valence electrons. The van der Waals surface area contributed by atoms with E-state index < -0.39 is 12.0 Å². The highest BCUT2D eigenvalue weighted by Crippen LogP contribution is 2.21. The minimum absolute atomic E-state index is 0.158. The third kappa shape index (κ3) is 4.87. The zero-order chi connectivity index (χ0) is 14.3. The van der Waals surface area contributed by atoms with Gasteiger partial charge in [0.25, 0.3) is 0 Å². The van der Waals surface area contributed by atoms with E-state index >= 15 is 0 Å². The molecule has 0 aromatic heterocycles. The zero-order valence-electron chi connectivity index (χ0n) is 11.3. The highest BCUT2D eigenvalue weighted by molar-refractivity contribution is 5.91. The van der Waals surface area contributed by atoms with Crippen molar-refractivity contribution in [2.45, 2.75) is 13.8 Å². The summed E-state index contributed by atoms with van der Waals surface area (Å²) in [6.45, 7) is 3.72. The van der Waals surface area contributed by atoms with Crippen LogP contribution in [0, 0.1) is 6.92 Å². The Morgan fingerprint density at radius 3 is 2.63 bits per heavy atom. The molecule has 0 unspecified atom stereocenters. The Kier molecular flexibility index (Phi) is 5.66. The molecule has 0 fully saturated rings. The second-order valence-electron chi connectivity index (χ2n) is 3.80. The summed E-state index contributed by atoms with van der Waals surface area (Å²) >= 11 is 0. The molecule has 19 heavy (non-hydrogen) atoms. The second kappa shape index (κ2) is 7.25. The van der Waals surface area contributed by atoms with E-state index in [0.29, 0.717) is 12.3 Å². The Hall–Kier alpha value is -2.24. The SMILES string of the molecule is CCOC(=O)CNC(=O)Nc1ccc(OC)c(C)c1. The Morgan fingerprint density at radius 1 is 1.32 bits per heavy atom. The summed E-state index contributed by atoms with van der Waals surface area (Å²) in [5, 5.41) is 5.03. The number of nitrogens with one attached hydrogen (secondary N) is 2. The summed E-state index contributed by atoms with van der Waals surface area (Å²) in [7, 11) is 1.58. The van der Waals surface area contributed by atoms with E-state index in [1.54, 1.807) is 32.2 Å². The Morgan fingerprint density at radius 2 is 2.05 bits per heavy atom. The monoisotopic (exact) mass is 266 g/mol. The molecule has 0 aliphatic heterocycles. The average Bonchev–Trinajstić information content (AvgIpc) is 2.37. The van der Waals surface area contributed by atoms with Crippen LogP contribution in [-0.2, 0) is 9.53 Å². The number of amides is 2. The summed E-state index contributed by atoms with van der Waals surface area (Å²) in [5.74, 6) is 0.279. The maximum atomic E-state index is 11.5. The van der Waals surface area contributed by atoms with Crippen molar-refractivity contribution in [3.8, 4) is 5.75 Å². The van der Waals surface area contributed by atoms with Gasteiger partial charge in [0.15, 0.2) is 0 Å². The van der Waals surface area contributed by atoms with Gasteiger partial charge < -0.3 is 20.1 Å². The number of methoxy groups -OCH3 is 1. The third-order valence-corrected chi connectivity index (χ3v) is 2.35. The second-order valence-corrected chi connectivity index (χ2v) is 3.80. The van der Waals surface area contributed by atoms with Crippen LogP contribution in [0.4, 0.5) is 10.5 Å². The van der Waals surface area contributed by atoms with Crippen molar-refractivity contribution in [1.29, 1.82) is 0 Å². The first-order valence-corrected chi connectivity index (χ1v) is 5.92. The zero-order valence-corrected chi connectivity index (χ0v) is 11.3. The molecule has 0 saturated heterocycles. The smallest absolute Gasteiger partial charge is 0.325 e. The van der Waals surface area contributed by atoms with Crippen molar-refractivity contribution in [2.75, 3.05) is 25.6 Å². The standard InChI is InChI=1S/C13H18N2O4/c1-4-19-12(16)8-14-13(17)15-10-5-6-11(18-3)9(2)7-10/h5-7H,4,8H2,1-3H3,(H2,14,15,17). The molecule has 0 bridgehead atoms. The predicted molar refractivity (Wildman–Crippen MR) is 71.4 cm³/mol. The van der Waals surface area contributed by atoms with E-state index in [9.17, 15) is 9.59 Å². The number of aryl methyl sites for hydroxylation is 1. The quantitative estimate of drug-likeness (QED) is 0.795. The number of urea groups is 1. The number of rotatable bonds is 5. The van der Waals surface area contributed by atoms with Crippen LogP contribution in [0.5, 0.6) is 5.75 Å². The van der Waals surface area contributed by atoms with E-state index in [1.807, 2.05) is 6.92 Å². The number of esters is 1. The van der Waals surface area contributed by atoms with Gasteiger partial charge in [0.05, 0.1) is 13.7 Å². The van der Waals surface area contributed by atoms with Crippen molar-refractivity contribution < 1.29 is 19.1 Å². The molecule has 0 saturated carbocycles. The van der Waals surface area contributed by atoms with Crippen LogP contribution in [-0.4, -0.2) is 32.3 Å². The van der Waals surface area contributed by atoms with Gasteiger partial charge in [-0.25, -0.2) is 4.79 Å². The molecule has 1 aromatic rings. The number of hydrogen-bond donors (Lipinski definition) is 2. The van der Waals surface area contributed by atoms with Crippen LogP contribution in [0.2, 0.25) is 0 Å². The molecule has 0 spiro atoms. The van der Waals surface area contributed by atoms with Crippen molar-refractivity contribution in [2.24, 2.45) is 0 Å². The maximum absolute atomic E-state index is 11.5. The fourth-order valence-electron chi connectivity index (χ4n) is 1.50. The van der Waals surface area contributed by atoms with Gasteiger partial charge in [-0.3, -0.25) is 4.79 Å². The summed E-state index contributed by atoms with van der Waals surface area (Å²) < 4.78 is 9.82. The minimum atomic E-state index is -0.469. The number of hydrogen-bond acceptors (Lipinski definition) is 4. The van der Waals surface area contributed by atoms with Crippen molar-refractivity contribution in [3.63, 3.8) is 0 Å². The van der Waals surface area contributed by atoms with Gasteiger partial charge in [-0.2, -0.15) is 0 Å². The first kappa shape index (κ1) is 14.8. The lowest BCUT2D eigenvalue weighted by atomic mass is 10.2. The van der Waals surface area contributed by atoms with Crippen LogP contribution < -0.4 is 15.4 Å². The van der Waals surface area contributed by atoms with Gasteiger partial charge in [0.2, 0.25) is 0 Å². The first-order chi connectivity index (χ1) is 9.06. The van der Waals surface area contributed by atoms with Gasteiger partial charge >= 0.3 is 12.0 Å². The van der Waals surface area contributed by atoms with Gasteiger partial charge in [0, 0.05) is 5.69 Å². The Bertz CT molecular complexity index is 460. The molecule has 0 radical (unpaired) electrons. The Balaban J connectivity index is 2.48. The maximum Gasteiger partial charge on any atom is 0.325 e. The third-order valence-electron chi connectivity index (χ3n) is 2.35. The highest BCUT2D eigenvalue weighted by Gasteiger charge is 2.07. The van der Waals surface area contributed by atoms with Crippen LogP contribution >= 0.6 is 0 Å². The number of benzene rings is 1. The number of ether oxygens (including phenoxy) is 2. The molecule has 2 amide bonds. The average molecular weight is 266 g/mol. The van der Waals surface area contributed by atoms with Gasteiger partial charge in [-0.05, 0) is 37.6 Å². The van der Waals surface area contributed by atoms with Crippen molar-refractivity contribution >= 4 is 17.7 Å². The van der Waals surface area contributed by atoms with E-state index in [2.05, 4.69) is 10.6 Å². The fraction of sp³-hybridized carbons (Fsp3) is 0.385. The molecule has 0 aliphatic rings. The lowest BCUT2D eigenvalue weighted by molar-refractivity contribution is -0.141. The molecule has 0 atom stereocenters. The van der Waals surface area contributed by atoms with Crippen LogP contribution in [0.25, 0.3) is 0 Å². The molecule has 2 N–H and O–H groups in total. The topological polar surface area (TPSA) is 76.7 Å². The van der Waals surface area contributed by atoms with Crippen molar-refractivity contribution in [1.82, 2.24) is 5.32 Å². The lowest BCUT2D eigenvalue weighted by Crippen LogP contribution is -2.34. The first-order valence-electron chi connectivity index (χ1n) is 5.92. The van der Waals surface area contributed by atoms with Gasteiger partial charge in [-0.1, -0.05) is 0 Å². The van der Waals surface area contributed by atoms with E-state index in [0.717, 1.165) is 11.3 Å². The molecular weight excluding hydrogens is 248 g/mol. The minimum Gasteiger partial charge on any atom is -0.496 e. The fourth-order valence-corrected chi connectivity index (χ4v) is 1.50. The highest BCUT2D eigenvalue weighted by atomic mass is 16.5. The summed E-state index contributed by atoms with van der Waals surface area (Å²) in [4.78, 5) is 22.6. The molecule has 0 aliphatic carbocycles. The van der Waals surface area contributed by atoms with E-state index in [4.69, 9.17) is 9.47 Å². The molecule has 6 nitrogen and oxygen atoms in total. The summed E-state index contributed by atoms with van der Waals surface area (Å²) in [6, 6.07) is 4.80. The molecule has 6 heteroatoms. The molecule has 0 heterocycles. The van der Waals surface area contributed by atoms with Crippen molar-refractivity contribution in [3.05, 3.63) is 23.8 Å². The van der Waals surface area contributed by atoms with Gasteiger partial charge in [0.1, 0.15) is 12.3 Å². The number of carbonyl (C=O) groups excluding carboxylic acids is 2. The number of carbonyl (C=O) groups is 2. The van der Waals surface area contributed by atoms with Crippen LogP contribution in [0.1, 0.15) is 12.5 Å². The molecule has 1 aromatic carbocycles. The van der Waals surface area contributed by atoms with Gasteiger partial charge in [-0.15, -0.1) is 0 Å². The largest absolute Gasteiger partial charge is 0.496 e. The Labute approximate surface area is 112 Å². The van der Waals surface area contributed by atoms with Crippen LogP contribution in [0.3, 0.4) is 0 Å². The van der Waals surface area contributed by atoms with Crippen LogP contribution in [0.15, 0.2) is 18.2 Å². The molecular formula is C13H18N2O4. The summed E-state index contributed by atoms with van der Waals surface area (Å²) in [5.41, 5.74) is 1.53. The molecule has 1 rings (SSSR count). The number of anilines is 1. The van der Waals surface area contributed by atoms with E-state index in [1.165, 1.54) is 0 Å².